The summed E-state index contributed by atoms with van der Waals surface area (Å²) in [5.41, 5.74) is 7.02. The van der Waals surface area contributed by atoms with Gasteiger partial charge in [0.1, 0.15) is 30.8 Å². The summed E-state index contributed by atoms with van der Waals surface area (Å²) in [6.07, 6.45) is 3.84. The first-order chi connectivity index (χ1) is 18.8. The van der Waals surface area contributed by atoms with E-state index < -0.39 is 29.2 Å². The van der Waals surface area contributed by atoms with E-state index in [4.69, 9.17) is 10.6 Å². The molecule has 2 aliphatic rings. The highest BCUT2D eigenvalue weighted by Gasteiger charge is 2.54. The minimum Gasteiger partial charge on any atom is -0.477 e. The minimum absolute atomic E-state index is 0.0274. The number of fused-ring (bicyclic) bond motifs is 1. The van der Waals surface area contributed by atoms with E-state index in [1.807, 2.05) is 41.5 Å². The standard InChI is InChI=1S/C22H20N8O5S4/c1-3-35-27-13(16-26-21(23)39-28-16)17(31)25-14-18(32)30-15(20(33)34)12(9-36-19(14)30)38-22-24-11(8-37-22)10-4-6-29(2)7-5-10/h4-8,14,19H,3,9H2,1-2H3,(H3-,23,25,26,28,31,33,34)/p+1/t14-,19-/m1/s1. The van der Waals surface area contributed by atoms with E-state index in [9.17, 15) is 19.5 Å². The minimum atomic E-state index is -1.23. The van der Waals surface area contributed by atoms with Crippen molar-refractivity contribution in [3.63, 3.8) is 0 Å². The largest absolute Gasteiger partial charge is 0.477 e. The second-order valence-corrected chi connectivity index (χ2v) is 12.2. The summed E-state index contributed by atoms with van der Waals surface area (Å²) in [5.74, 6) is -2.21. The maximum Gasteiger partial charge on any atom is 0.353 e. The van der Waals surface area contributed by atoms with E-state index >= 15 is 0 Å². The Morgan fingerprint density at radius 1 is 1.36 bits per heavy atom. The fourth-order valence-corrected chi connectivity index (χ4v) is 7.63. The van der Waals surface area contributed by atoms with Gasteiger partial charge in [0, 0.05) is 45.3 Å². The van der Waals surface area contributed by atoms with Crippen LogP contribution >= 0.6 is 46.4 Å². The Bertz CT molecular complexity index is 1500. The molecular weight excluding hydrogens is 585 g/mol. The lowest BCUT2D eigenvalue weighted by Crippen LogP contribution is -2.71. The van der Waals surface area contributed by atoms with Crippen LogP contribution in [-0.2, 0) is 26.3 Å². The molecule has 0 unspecified atom stereocenters. The number of aliphatic carboxylic acids is 1. The molecular formula is C22H21N8O5S4+. The first kappa shape index (κ1) is 27.0. The van der Waals surface area contributed by atoms with E-state index in [0.717, 1.165) is 22.8 Å². The predicted molar refractivity (Wildman–Crippen MR) is 147 cm³/mol. The van der Waals surface area contributed by atoms with E-state index in [0.29, 0.717) is 15.0 Å². The molecule has 1 saturated heterocycles. The van der Waals surface area contributed by atoms with Gasteiger partial charge in [-0.05, 0) is 6.92 Å². The molecule has 4 N–H and O–H groups in total. The van der Waals surface area contributed by atoms with Crippen molar-refractivity contribution in [1.29, 1.82) is 0 Å². The molecule has 0 spiro atoms. The van der Waals surface area contributed by atoms with Gasteiger partial charge in [-0.3, -0.25) is 14.5 Å². The maximum atomic E-state index is 13.1. The number of nitrogen functional groups attached to an aromatic ring is 1. The molecule has 13 nitrogen and oxygen atoms in total. The number of aromatic nitrogens is 4. The van der Waals surface area contributed by atoms with Gasteiger partial charge < -0.3 is 21.0 Å². The van der Waals surface area contributed by atoms with Gasteiger partial charge in [-0.2, -0.15) is 9.36 Å². The van der Waals surface area contributed by atoms with Crippen LogP contribution in [0.1, 0.15) is 12.7 Å². The number of aryl methyl sites for hydroxylation is 1. The lowest BCUT2D eigenvalue weighted by atomic mass is 10.0. The highest BCUT2D eigenvalue weighted by Crippen LogP contribution is 2.46. The number of carboxylic acids is 1. The number of nitrogens with two attached hydrogens (primary N) is 1. The molecule has 5 rings (SSSR count). The van der Waals surface area contributed by atoms with Crippen LogP contribution in [0.2, 0.25) is 0 Å². The zero-order valence-electron chi connectivity index (χ0n) is 20.4. The first-order valence-corrected chi connectivity index (χ1v) is 14.9. The summed E-state index contributed by atoms with van der Waals surface area (Å²) in [5, 5.41) is 17.8. The Balaban J connectivity index is 1.32. The lowest BCUT2D eigenvalue weighted by Gasteiger charge is -2.49. The van der Waals surface area contributed by atoms with Gasteiger partial charge in [0.15, 0.2) is 21.9 Å². The van der Waals surface area contributed by atoms with Crippen LogP contribution in [-0.4, -0.2) is 71.6 Å². The molecule has 0 aliphatic carbocycles. The summed E-state index contributed by atoms with van der Waals surface area (Å²) in [7, 11) is 1.93. The number of oxime groups is 1. The number of nitrogens with zero attached hydrogens (tertiary/aromatic N) is 6. The quantitative estimate of drug-likeness (QED) is 0.139. The number of nitrogens with one attached hydrogen (secondary N) is 1. The number of amides is 2. The number of pyridine rings is 1. The van der Waals surface area contributed by atoms with Crippen LogP contribution in [0, 0.1) is 0 Å². The first-order valence-electron chi connectivity index (χ1n) is 11.4. The third-order valence-electron chi connectivity index (χ3n) is 5.54. The summed E-state index contributed by atoms with van der Waals surface area (Å²) in [6, 6.07) is 2.94. The Hall–Kier alpha value is -3.54. The molecule has 2 aliphatic heterocycles. The van der Waals surface area contributed by atoms with Crippen LogP contribution in [0.25, 0.3) is 11.3 Å². The van der Waals surface area contributed by atoms with Crippen LogP contribution < -0.4 is 15.6 Å². The SMILES string of the molecule is CCON=C(C(=O)N[C@@H]1C(=O)N2C(C(=O)O)=C(Sc3nc(-c4cc[n+](C)cc4)cs3)CS[C@H]12)c1nsc(N)n1. The van der Waals surface area contributed by atoms with Gasteiger partial charge in [-0.15, -0.1) is 23.1 Å². The van der Waals surface area contributed by atoms with Gasteiger partial charge in [-0.1, -0.05) is 16.9 Å². The van der Waals surface area contributed by atoms with Gasteiger partial charge in [0.25, 0.3) is 11.8 Å². The Morgan fingerprint density at radius 3 is 2.79 bits per heavy atom. The lowest BCUT2D eigenvalue weighted by molar-refractivity contribution is -0.671. The molecule has 202 valence electrons. The molecule has 0 saturated carbocycles. The number of carboxylic acid groups (broad SMARTS) is 1. The molecule has 5 heterocycles. The number of thiazole rings is 1. The van der Waals surface area contributed by atoms with Crippen molar-refractivity contribution in [3.8, 4) is 11.3 Å². The summed E-state index contributed by atoms with van der Waals surface area (Å²) < 4.78 is 6.57. The number of thioether (sulfide) groups is 2. The monoisotopic (exact) mass is 605 g/mol. The normalized spacial score (nSPS) is 19.0. The van der Waals surface area contributed by atoms with E-state index in [2.05, 4.69) is 24.8 Å². The molecule has 2 atom stereocenters. The van der Waals surface area contributed by atoms with Crippen LogP contribution in [0.15, 0.2) is 50.0 Å². The molecule has 17 heteroatoms. The third kappa shape index (κ3) is 5.47. The maximum absolute atomic E-state index is 13.1. The van der Waals surface area contributed by atoms with Gasteiger partial charge in [0.2, 0.25) is 11.5 Å². The van der Waals surface area contributed by atoms with E-state index in [1.165, 1.54) is 39.8 Å². The predicted octanol–water partition coefficient (Wildman–Crippen LogP) is 1.30. The molecule has 0 bridgehead atoms. The highest BCUT2D eigenvalue weighted by atomic mass is 32.2. The number of β-lactam (4-membered cyclic amide) rings is 1. The molecule has 0 radical (unpaired) electrons. The molecule has 0 aromatic carbocycles. The third-order valence-corrected chi connectivity index (χ3v) is 9.57. The molecule has 3 aromatic rings. The van der Waals surface area contributed by atoms with Gasteiger partial charge >= 0.3 is 5.97 Å². The van der Waals surface area contributed by atoms with Crippen molar-refractivity contribution in [2.24, 2.45) is 12.2 Å². The van der Waals surface area contributed by atoms with Crippen LogP contribution in [0.5, 0.6) is 0 Å². The zero-order chi connectivity index (χ0) is 27.7. The topological polar surface area (TPSA) is 177 Å². The Kier molecular flexibility index (Phi) is 7.83. The number of carbonyl (C=O) groups is 3. The van der Waals surface area contributed by atoms with Crippen molar-refractivity contribution >= 4 is 75.0 Å². The summed E-state index contributed by atoms with van der Waals surface area (Å²) >= 11 is 4.86. The number of anilines is 1. The fraction of sp³-hybridized carbons (Fsp3) is 0.273. The second-order valence-electron chi connectivity index (χ2n) is 8.10. The van der Waals surface area contributed by atoms with Crippen LogP contribution in [0.3, 0.4) is 0 Å². The summed E-state index contributed by atoms with van der Waals surface area (Å²) in [4.78, 5) is 53.7. The number of rotatable bonds is 9. The second kappa shape index (κ2) is 11.3. The average molecular weight is 606 g/mol. The summed E-state index contributed by atoms with van der Waals surface area (Å²) in [6.45, 7) is 1.89. The number of hydrogen-bond acceptors (Lipinski definition) is 13. The van der Waals surface area contributed by atoms with Crippen LogP contribution in [0.4, 0.5) is 5.13 Å². The van der Waals surface area contributed by atoms with Crippen molar-refractivity contribution in [3.05, 3.63) is 46.3 Å². The number of carbonyl (C=O) groups excluding carboxylic acids is 2. The Morgan fingerprint density at radius 2 is 2.13 bits per heavy atom. The van der Waals surface area contributed by atoms with E-state index in [-0.39, 0.29) is 29.0 Å². The zero-order valence-corrected chi connectivity index (χ0v) is 23.7. The average Bonchev–Trinajstić information content (AvgIpc) is 3.56. The van der Waals surface area contributed by atoms with Crippen molar-refractivity contribution < 1.29 is 28.9 Å². The fourth-order valence-electron chi connectivity index (χ4n) is 3.74. The molecule has 1 fully saturated rings. The van der Waals surface area contributed by atoms with Crippen molar-refractivity contribution in [2.45, 2.75) is 22.7 Å². The van der Waals surface area contributed by atoms with Crippen molar-refractivity contribution in [2.75, 3.05) is 18.1 Å². The Labute approximate surface area is 238 Å². The molecule has 2 amide bonds. The van der Waals surface area contributed by atoms with Crippen molar-refractivity contribution in [1.82, 2.24) is 24.6 Å². The number of hydrogen-bond donors (Lipinski definition) is 3. The molecule has 3 aromatic heterocycles. The molecule has 39 heavy (non-hydrogen) atoms. The highest BCUT2D eigenvalue weighted by molar-refractivity contribution is 8.07. The van der Waals surface area contributed by atoms with Gasteiger partial charge in [0.05, 0.1) is 5.69 Å². The smallest absolute Gasteiger partial charge is 0.353 e. The van der Waals surface area contributed by atoms with E-state index in [1.54, 1.807) is 6.92 Å². The van der Waals surface area contributed by atoms with Gasteiger partial charge in [-0.25, -0.2) is 14.3 Å².